The number of rotatable bonds is 2. The summed E-state index contributed by atoms with van der Waals surface area (Å²) in [7, 11) is 0. The van der Waals surface area contributed by atoms with Crippen molar-refractivity contribution >= 4 is 17.5 Å². The molecule has 18 heavy (non-hydrogen) atoms. The van der Waals surface area contributed by atoms with Crippen molar-refractivity contribution in [1.82, 2.24) is 10.3 Å². The van der Waals surface area contributed by atoms with E-state index < -0.39 is 6.10 Å². The minimum absolute atomic E-state index is 0.177. The predicted molar refractivity (Wildman–Crippen MR) is 69.7 cm³/mol. The van der Waals surface area contributed by atoms with Gasteiger partial charge in [-0.2, -0.15) is 0 Å². The number of aliphatic hydroxyl groups is 1. The van der Waals surface area contributed by atoms with Crippen LogP contribution in [0.1, 0.15) is 41.7 Å². The van der Waals surface area contributed by atoms with E-state index in [1.165, 1.54) is 6.20 Å². The van der Waals surface area contributed by atoms with Gasteiger partial charge in [0.1, 0.15) is 0 Å². The zero-order chi connectivity index (χ0) is 13.1. The minimum Gasteiger partial charge on any atom is -0.391 e. The fraction of sp³-hybridized carbons (Fsp3) is 0.538. The Kier molecular flexibility index (Phi) is 4.19. The van der Waals surface area contributed by atoms with Crippen LogP contribution in [0.4, 0.5) is 0 Å². The molecule has 98 valence electrons. The lowest BCUT2D eigenvalue weighted by atomic mass is 9.92. The molecule has 4 nitrogen and oxygen atoms in total. The number of hydrogen-bond donors (Lipinski definition) is 2. The number of hydrogen-bond acceptors (Lipinski definition) is 3. The molecule has 0 aromatic carbocycles. The number of nitrogens with one attached hydrogen (secondary N) is 1. The average Bonchev–Trinajstić information content (AvgIpc) is 2.32. The summed E-state index contributed by atoms with van der Waals surface area (Å²) in [6.07, 6.45) is 4.61. The monoisotopic (exact) mass is 268 g/mol. The van der Waals surface area contributed by atoms with Gasteiger partial charge in [-0.1, -0.05) is 24.4 Å². The molecule has 2 rings (SSSR count). The van der Waals surface area contributed by atoms with Gasteiger partial charge in [0.05, 0.1) is 22.7 Å². The van der Waals surface area contributed by atoms with Gasteiger partial charge in [-0.25, -0.2) is 0 Å². The maximum Gasteiger partial charge on any atom is 0.254 e. The van der Waals surface area contributed by atoms with E-state index in [-0.39, 0.29) is 11.9 Å². The van der Waals surface area contributed by atoms with Crippen LogP contribution in [0.2, 0.25) is 5.02 Å². The molecule has 0 spiro atoms. The Labute approximate surface area is 111 Å². The first kappa shape index (κ1) is 13.3. The van der Waals surface area contributed by atoms with Crippen molar-refractivity contribution in [2.45, 2.75) is 44.8 Å². The fourth-order valence-electron chi connectivity index (χ4n) is 2.22. The van der Waals surface area contributed by atoms with Crippen LogP contribution in [-0.2, 0) is 0 Å². The quantitative estimate of drug-likeness (QED) is 0.863. The maximum absolute atomic E-state index is 12.0. The zero-order valence-corrected chi connectivity index (χ0v) is 11.1. The molecule has 1 aromatic heterocycles. The molecular formula is C13H17ClN2O2. The fourth-order valence-corrected chi connectivity index (χ4v) is 2.51. The minimum atomic E-state index is -0.458. The second-order valence-electron chi connectivity index (χ2n) is 4.74. The second kappa shape index (κ2) is 5.67. The summed E-state index contributed by atoms with van der Waals surface area (Å²) in [4.78, 5) is 16.1. The highest BCUT2D eigenvalue weighted by molar-refractivity contribution is 6.33. The van der Waals surface area contributed by atoms with E-state index in [4.69, 9.17) is 11.6 Å². The van der Waals surface area contributed by atoms with Crippen molar-refractivity contribution in [3.8, 4) is 0 Å². The molecule has 1 saturated carbocycles. The summed E-state index contributed by atoms with van der Waals surface area (Å²) in [5.41, 5.74) is 1.13. The lowest BCUT2D eigenvalue weighted by Crippen LogP contribution is -2.45. The summed E-state index contributed by atoms with van der Waals surface area (Å²) in [6, 6.07) is 1.48. The van der Waals surface area contributed by atoms with Gasteiger partial charge in [-0.15, -0.1) is 0 Å². The first-order valence-electron chi connectivity index (χ1n) is 6.19. The lowest BCUT2D eigenvalue weighted by Gasteiger charge is -2.28. The number of pyridine rings is 1. The maximum atomic E-state index is 12.0. The number of halogens is 1. The molecule has 1 aromatic rings. The first-order valence-corrected chi connectivity index (χ1v) is 6.57. The van der Waals surface area contributed by atoms with Crippen LogP contribution >= 0.6 is 11.6 Å². The van der Waals surface area contributed by atoms with Crippen LogP contribution in [0.3, 0.4) is 0 Å². The van der Waals surface area contributed by atoms with Gasteiger partial charge < -0.3 is 10.4 Å². The van der Waals surface area contributed by atoms with Crippen LogP contribution in [0.15, 0.2) is 12.3 Å². The molecule has 0 unspecified atom stereocenters. The van der Waals surface area contributed by atoms with Crippen LogP contribution in [-0.4, -0.2) is 28.1 Å². The van der Waals surface area contributed by atoms with Gasteiger partial charge in [0.15, 0.2) is 0 Å². The number of aromatic nitrogens is 1. The highest BCUT2D eigenvalue weighted by atomic mass is 35.5. The molecule has 1 fully saturated rings. The third-order valence-corrected chi connectivity index (χ3v) is 3.59. The Hall–Kier alpha value is -1.13. The molecule has 0 bridgehead atoms. The van der Waals surface area contributed by atoms with E-state index in [1.54, 1.807) is 6.07 Å². The molecule has 1 aliphatic carbocycles. The van der Waals surface area contributed by atoms with Gasteiger partial charge in [0.2, 0.25) is 0 Å². The summed E-state index contributed by atoms with van der Waals surface area (Å²) in [5.74, 6) is -0.265. The average molecular weight is 269 g/mol. The van der Waals surface area contributed by atoms with Crippen LogP contribution in [0.25, 0.3) is 0 Å². The van der Waals surface area contributed by atoms with Crippen molar-refractivity contribution < 1.29 is 9.90 Å². The molecule has 0 saturated heterocycles. The number of carbonyl (C=O) groups is 1. The van der Waals surface area contributed by atoms with Gasteiger partial charge in [0.25, 0.3) is 5.91 Å². The van der Waals surface area contributed by atoms with Crippen LogP contribution in [0.5, 0.6) is 0 Å². The SMILES string of the molecule is Cc1cc(Cl)c(C(=O)N[C@H]2CCCC[C@@H]2O)cn1. The third kappa shape index (κ3) is 3.00. The van der Waals surface area contributed by atoms with Crippen molar-refractivity contribution in [3.63, 3.8) is 0 Å². The van der Waals surface area contributed by atoms with Crippen molar-refractivity contribution in [2.75, 3.05) is 0 Å². The number of carbonyl (C=O) groups excluding carboxylic acids is 1. The molecule has 2 atom stereocenters. The molecule has 0 aliphatic heterocycles. The lowest BCUT2D eigenvalue weighted by molar-refractivity contribution is 0.0717. The molecule has 0 radical (unpaired) electrons. The number of nitrogens with zero attached hydrogens (tertiary/aromatic N) is 1. The van der Waals surface area contributed by atoms with Crippen molar-refractivity contribution in [2.24, 2.45) is 0 Å². The molecule has 1 amide bonds. The highest BCUT2D eigenvalue weighted by Crippen LogP contribution is 2.20. The third-order valence-electron chi connectivity index (χ3n) is 3.28. The Morgan fingerprint density at radius 2 is 2.22 bits per heavy atom. The van der Waals surface area contributed by atoms with Crippen LogP contribution < -0.4 is 5.32 Å². The van der Waals surface area contributed by atoms with Crippen LogP contribution in [0, 0.1) is 6.92 Å². The van der Waals surface area contributed by atoms with E-state index >= 15 is 0 Å². The van der Waals surface area contributed by atoms with E-state index in [0.717, 1.165) is 31.4 Å². The van der Waals surface area contributed by atoms with Gasteiger partial charge in [-0.05, 0) is 25.8 Å². The van der Waals surface area contributed by atoms with Crippen molar-refractivity contribution in [1.29, 1.82) is 0 Å². The molecule has 5 heteroatoms. The highest BCUT2D eigenvalue weighted by Gasteiger charge is 2.25. The van der Waals surface area contributed by atoms with Gasteiger partial charge in [0, 0.05) is 11.9 Å². The number of amides is 1. The standard InChI is InChI=1S/C13H17ClN2O2/c1-8-6-10(14)9(7-15-8)13(18)16-11-4-2-3-5-12(11)17/h6-7,11-12,17H,2-5H2,1H3,(H,16,18)/t11-,12-/m0/s1. The number of aryl methyl sites for hydroxylation is 1. The molecule has 1 heterocycles. The Morgan fingerprint density at radius 3 is 2.89 bits per heavy atom. The predicted octanol–water partition coefficient (Wildman–Crippen LogP) is 2.08. The molecule has 1 aliphatic rings. The Balaban J connectivity index is 2.07. The molecule has 2 N–H and O–H groups in total. The normalized spacial score (nSPS) is 23.7. The Morgan fingerprint density at radius 1 is 1.50 bits per heavy atom. The summed E-state index contributed by atoms with van der Waals surface area (Å²) < 4.78 is 0. The van der Waals surface area contributed by atoms with Gasteiger partial charge >= 0.3 is 0 Å². The summed E-state index contributed by atoms with van der Waals surface area (Å²) in [6.45, 7) is 1.82. The first-order chi connectivity index (χ1) is 8.58. The Bertz CT molecular complexity index is 451. The van der Waals surface area contributed by atoms with E-state index in [0.29, 0.717) is 10.6 Å². The second-order valence-corrected chi connectivity index (χ2v) is 5.14. The topological polar surface area (TPSA) is 62.2 Å². The van der Waals surface area contributed by atoms with E-state index in [2.05, 4.69) is 10.3 Å². The van der Waals surface area contributed by atoms with Crippen molar-refractivity contribution in [3.05, 3.63) is 28.5 Å². The van der Waals surface area contributed by atoms with Gasteiger partial charge in [-0.3, -0.25) is 9.78 Å². The number of aliphatic hydroxyl groups excluding tert-OH is 1. The largest absolute Gasteiger partial charge is 0.391 e. The van der Waals surface area contributed by atoms with E-state index in [1.807, 2.05) is 6.92 Å². The summed E-state index contributed by atoms with van der Waals surface area (Å²) >= 11 is 6.02. The van der Waals surface area contributed by atoms with E-state index in [9.17, 15) is 9.90 Å². The zero-order valence-electron chi connectivity index (χ0n) is 10.3. The molecular weight excluding hydrogens is 252 g/mol. The summed E-state index contributed by atoms with van der Waals surface area (Å²) in [5, 5.41) is 13.0. The smallest absolute Gasteiger partial charge is 0.254 e.